The van der Waals surface area contributed by atoms with Crippen LogP contribution in [-0.2, 0) is 16.4 Å². The van der Waals surface area contributed by atoms with Crippen molar-refractivity contribution in [2.75, 3.05) is 13.7 Å². The number of nitrogens with zero attached hydrogens (tertiary/aromatic N) is 1. The maximum atomic E-state index is 13.4. The van der Waals surface area contributed by atoms with Crippen LogP contribution in [0.4, 0.5) is 4.79 Å². The van der Waals surface area contributed by atoms with E-state index in [2.05, 4.69) is 10.0 Å². The maximum Gasteiger partial charge on any atom is 0.331 e. The number of aliphatic hydroxyl groups excluding tert-OH is 1. The summed E-state index contributed by atoms with van der Waals surface area (Å²) in [5.74, 6) is 0.0884. The molecule has 0 radical (unpaired) electrons. The molecule has 11 heteroatoms. The highest BCUT2D eigenvalue weighted by molar-refractivity contribution is 7.90. The summed E-state index contributed by atoms with van der Waals surface area (Å²) in [5.41, 5.74) is 1.15. The summed E-state index contributed by atoms with van der Waals surface area (Å²) in [4.78, 5) is 27.6. The third-order valence-electron chi connectivity index (χ3n) is 7.81. The summed E-state index contributed by atoms with van der Waals surface area (Å²) in [7, 11) is -2.64. The molecule has 0 unspecified atom stereocenters. The number of aliphatic hydroxyl groups is 1. The van der Waals surface area contributed by atoms with Gasteiger partial charge in [0.05, 0.1) is 29.7 Å². The average molecular weight is 592 g/mol. The Bertz CT molecular complexity index is 1280. The van der Waals surface area contributed by atoms with Crippen LogP contribution in [0.2, 0.25) is 5.02 Å². The SMILES string of the molecule is COc1ccc(Cl)cc1C(=O)NCCc1ccc(S(=O)(=O)NC(=O)N(C2CCCCC2)[C@@H]2CCCC[C@H]2O)cc1. The molecule has 2 saturated carbocycles. The van der Waals surface area contributed by atoms with Crippen molar-refractivity contribution in [3.05, 3.63) is 58.6 Å². The molecule has 3 amide bonds. The van der Waals surface area contributed by atoms with E-state index in [0.29, 0.717) is 42.1 Å². The number of sulfonamides is 1. The van der Waals surface area contributed by atoms with E-state index in [0.717, 1.165) is 50.5 Å². The molecule has 0 spiro atoms. The normalized spacial score (nSPS) is 20.0. The van der Waals surface area contributed by atoms with Gasteiger partial charge >= 0.3 is 6.03 Å². The minimum absolute atomic E-state index is 0.0231. The topological polar surface area (TPSA) is 125 Å². The van der Waals surface area contributed by atoms with E-state index in [4.69, 9.17) is 16.3 Å². The molecule has 0 saturated heterocycles. The first-order valence-corrected chi connectivity index (χ1v) is 15.8. The zero-order valence-electron chi connectivity index (χ0n) is 22.8. The molecule has 0 aliphatic heterocycles. The number of carbonyl (C=O) groups excluding carboxylic acids is 2. The minimum Gasteiger partial charge on any atom is -0.496 e. The van der Waals surface area contributed by atoms with Crippen molar-refractivity contribution in [1.29, 1.82) is 0 Å². The van der Waals surface area contributed by atoms with Crippen molar-refractivity contribution >= 4 is 33.6 Å². The van der Waals surface area contributed by atoms with Gasteiger partial charge in [-0.05, 0) is 68.0 Å². The van der Waals surface area contributed by atoms with E-state index in [-0.39, 0.29) is 22.9 Å². The summed E-state index contributed by atoms with van der Waals surface area (Å²) in [6.07, 6.45) is 7.60. The lowest BCUT2D eigenvalue weighted by Crippen LogP contribution is -2.57. The summed E-state index contributed by atoms with van der Waals surface area (Å²) in [5, 5.41) is 13.9. The van der Waals surface area contributed by atoms with Crippen LogP contribution >= 0.6 is 11.6 Å². The quantitative estimate of drug-likeness (QED) is 0.390. The largest absolute Gasteiger partial charge is 0.496 e. The van der Waals surface area contributed by atoms with E-state index in [9.17, 15) is 23.1 Å². The van der Waals surface area contributed by atoms with Crippen molar-refractivity contribution in [3.63, 3.8) is 0 Å². The van der Waals surface area contributed by atoms with Gasteiger partial charge < -0.3 is 20.1 Å². The fourth-order valence-corrected chi connectivity index (χ4v) is 6.82. The van der Waals surface area contributed by atoms with Crippen molar-refractivity contribution in [1.82, 2.24) is 14.9 Å². The monoisotopic (exact) mass is 591 g/mol. The number of halogens is 1. The van der Waals surface area contributed by atoms with Gasteiger partial charge in [0.15, 0.2) is 0 Å². The molecule has 0 bridgehead atoms. The predicted molar refractivity (Wildman–Crippen MR) is 153 cm³/mol. The Hall–Kier alpha value is -2.82. The molecule has 2 aliphatic rings. The molecule has 218 valence electrons. The van der Waals surface area contributed by atoms with Crippen LogP contribution in [0.25, 0.3) is 0 Å². The number of hydrogen-bond acceptors (Lipinski definition) is 6. The van der Waals surface area contributed by atoms with E-state index in [1.54, 1.807) is 29.2 Å². The van der Waals surface area contributed by atoms with Crippen LogP contribution in [0.3, 0.4) is 0 Å². The zero-order valence-corrected chi connectivity index (χ0v) is 24.3. The summed E-state index contributed by atoms with van der Waals surface area (Å²) < 4.78 is 33.8. The molecule has 2 atom stereocenters. The Balaban J connectivity index is 1.38. The second-order valence-corrected chi connectivity index (χ2v) is 12.6. The van der Waals surface area contributed by atoms with E-state index in [1.807, 2.05) is 0 Å². The van der Waals surface area contributed by atoms with Gasteiger partial charge in [-0.1, -0.05) is 55.8 Å². The Kier molecular flexibility index (Phi) is 10.3. The molecule has 9 nitrogen and oxygen atoms in total. The lowest BCUT2D eigenvalue weighted by atomic mass is 9.87. The number of hydrogen-bond donors (Lipinski definition) is 3. The maximum absolute atomic E-state index is 13.4. The highest BCUT2D eigenvalue weighted by atomic mass is 35.5. The molecule has 2 fully saturated rings. The number of benzene rings is 2. The van der Waals surface area contributed by atoms with Crippen molar-refractivity contribution < 1.29 is 27.9 Å². The van der Waals surface area contributed by atoms with Crippen LogP contribution in [0.15, 0.2) is 47.4 Å². The molecular formula is C29H38ClN3O6S. The molecule has 2 aromatic carbocycles. The van der Waals surface area contributed by atoms with Crippen molar-refractivity contribution in [3.8, 4) is 5.75 Å². The summed E-state index contributed by atoms with van der Waals surface area (Å²) in [6.45, 7) is 0.317. The summed E-state index contributed by atoms with van der Waals surface area (Å²) in [6, 6.07) is 9.91. The number of methoxy groups -OCH3 is 1. The van der Waals surface area contributed by atoms with Gasteiger partial charge in [-0.3, -0.25) is 4.79 Å². The van der Waals surface area contributed by atoms with Crippen LogP contribution in [0.5, 0.6) is 5.75 Å². The van der Waals surface area contributed by atoms with Crippen LogP contribution in [0, 0.1) is 0 Å². The molecule has 2 aromatic rings. The average Bonchev–Trinajstić information content (AvgIpc) is 2.95. The summed E-state index contributed by atoms with van der Waals surface area (Å²) >= 11 is 6.01. The number of rotatable bonds is 9. The molecule has 0 aromatic heterocycles. The van der Waals surface area contributed by atoms with Gasteiger partial charge in [0, 0.05) is 17.6 Å². The third-order valence-corrected chi connectivity index (χ3v) is 9.39. The third kappa shape index (κ3) is 7.47. The second-order valence-electron chi connectivity index (χ2n) is 10.5. The van der Waals surface area contributed by atoms with Gasteiger partial charge in [-0.25, -0.2) is 17.9 Å². The zero-order chi connectivity index (χ0) is 28.7. The first-order chi connectivity index (χ1) is 19.2. The lowest BCUT2D eigenvalue weighted by Gasteiger charge is -2.43. The predicted octanol–water partition coefficient (Wildman–Crippen LogP) is 4.66. The number of carbonyl (C=O) groups is 2. The van der Waals surface area contributed by atoms with Gasteiger partial charge in [0.2, 0.25) is 0 Å². The van der Waals surface area contributed by atoms with Crippen LogP contribution < -0.4 is 14.8 Å². The fourth-order valence-electron chi connectivity index (χ4n) is 5.70. The fraction of sp³-hybridized carbons (Fsp3) is 0.517. The molecule has 2 aliphatic carbocycles. The smallest absolute Gasteiger partial charge is 0.331 e. The Morgan fingerprint density at radius 2 is 1.68 bits per heavy atom. The number of nitrogens with one attached hydrogen (secondary N) is 2. The molecule has 3 N–H and O–H groups in total. The first-order valence-electron chi connectivity index (χ1n) is 13.9. The highest BCUT2D eigenvalue weighted by Crippen LogP contribution is 2.31. The Morgan fingerprint density at radius 1 is 1.00 bits per heavy atom. The van der Waals surface area contributed by atoms with Gasteiger partial charge in [-0.15, -0.1) is 0 Å². The minimum atomic E-state index is -4.12. The second kappa shape index (κ2) is 13.7. The molecule has 4 rings (SSSR count). The Morgan fingerprint density at radius 3 is 2.35 bits per heavy atom. The number of ether oxygens (including phenoxy) is 1. The molecule has 40 heavy (non-hydrogen) atoms. The van der Waals surface area contributed by atoms with Crippen molar-refractivity contribution in [2.45, 2.75) is 87.3 Å². The molecular weight excluding hydrogens is 554 g/mol. The number of urea groups is 1. The van der Waals surface area contributed by atoms with Crippen LogP contribution in [-0.4, -0.2) is 62.2 Å². The van der Waals surface area contributed by atoms with Gasteiger partial charge in [0.1, 0.15) is 5.75 Å². The highest BCUT2D eigenvalue weighted by Gasteiger charge is 2.38. The van der Waals surface area contributed by atoms with E-state index >= 15 is 0 Å². The van der Waals surface area contributed by atoms with Gasteiger partial charge in [-0.2, -0.15) is 0 Å². The van der Waals surface area contributed by atoms with Gasteiger partial charge in [0.25, 0.3) is 15.9 Å². The Labute approximate surface area is 241 Å². The first kappa shape index (κ1) is 30.1. The van der Waals surface area contributed by atoms with E-state index < -0.39 is 22.2 Å². The standard InChI is InChI=1S/C29H38ClN3O6S/c1-39-27-16-13-21(30)19-24(27)28(35)31-18-17-20-11-14-23(15-12-20)40(37,38)32-29(36)33(22-7-3-2-4-8-22)25-9-5-6-10-26(25)34/h11-16,19,22,25-26,34H,2-10,17-18H2,1H3,(H,31,35)(H,32,36)/t25-,26-/m1/s1. The lowest BCUT2D eigenvalue weighted by molar-refractivity contribution is 0.0137. The number of amides is 3. The van der Waals surface area contributed by atoms with Crippen LogP contribution in [0.1, 0.15) is 73.7 Å². The van der Waals surface area contributed by atoms with E-state index in [1.165, 1.54) is 25.3 Å². The molecule has 0 heterocycles. The van der Waals surface area contributed by atoms with Crippen molar-refractivity contribution in [2.24, 2.45) is 0 Å².